The van der Waals surface area contributed by atoms with Crippen molar-refractivity contribution >= 4 is 23.7 Å². The molecule has 4 aromatic rings. The van der Waals surface area contributed by atoms with Crippen molar-refractivity contribution in [2.24, 2.45) is 0 Å². The van der Waals surface area contributed by atoms with Crippen LogP contribution in [0.25, 0.3) is 0 Å². The molecule has 0 aliphatic carbocycles. The van der Waals surface area contributed by atoms with Crippen LogP contribution in [0.2, 0.25) is 0 Å². The van der Waals surface area contributed by atoms with Crippen LogP contribution >= 0.6 is 11.8 Å². The molecule has 0 spiro atoms. The fourth-order valence-electron chi connectivity index (χ4n) is 3.23. The number of rotatable bonds is 8. The first-order chi connectivity index (χ1) is 16.0. The summed E-state index contributed by atoms with van der Waals surface area (Å²) in [6.07, 6.45) is 0. The lowest BCUT2D eigenvalue weighted by Crippen LogP contribution is -2.05. The van der Waals surface area contributed by atoms with Crippen molar-refractivity contribution in [1.29, 1.82) is 0 Å². The van der Waals surface area contributed by atoms with Crippen LogP contribution in [0, 0.1) is 13.8 Å². The van der Waals surface area contributed by atoms with E-state index in [0.29, 0.717) is 11.4 Å². The molecule has 0 radical (unpaired) electrons. The highest BCUT2D eigenvalue weighted by molar-refractivity contribution is 7.99. The van der Waals surface area contributed by atoms with Crippen LogP contribution in [0.1, 0.15) is 43.5 Å². The zero-order chi connectivity index (χ0) is 23.2. The molecular weight excluding hydrogens is 436 g/mol. The van der Waals surface area contributed by atoms with Crippen LogP contribution in [0.5, 0.6) is 0 Å². The van der Waals surface area contributed by atoms with E-state index < -0.39 is 11.9 Å². The van der Waals surface area contributed by atoms with Crippen molar-refractivity contribution < 1.29 is 19.1 Å². The van der Waals surface area contributed by atoms with E-state index in [4.69, 9.17) is 9.47 Å². The molecule has 0 saturated carbocycles. The van der Waals surface area contributed by atoms with Gasteiger partial charge in [0.1, 0.15) is 24.6 Å². The summed E-state index contributed by atoms with van der Waals surface area (Å²) in [4.78, 5) is 32.9. The summed E-state index contributed by atoms with van der Waals surface area (Å²) in [6, 6.07) is 22.6. The smallest absolute Gasteiger partial charge is 0.355 e. The van der Waals surface area contributed by atoms with Gasteiger partial charge in [0.25, 0.3) is 0 Å². The Labute approximate surface area is 196 Å². The van der Waals surface area contributed by atoms with Crippen molar-refractivity contribution in [1.82, 2.24) is 9.97 Å². The number of esters is 2. The number of benzene rings is 2. The van der Waals surface area contributed by atoms with Gasteiger partial charge in [-0.1, -0.05) is 72.4 Å². The highest BCUT2D eigenvalue weighted by Crippen LogP contribution is 2.34. The minimum absolute atomic E-state index is 0.214. The molecule has 0 amide bonds. The molecule has 0 saturated heterocycles. The zero-order valence-electron chi connectivity index (χ0n) is 18.4. The molecule has 2 aromatic heterocycles. The van der Waals surface area contributed by atoms with Gasteiger partial charge < -0.3 is 19.4 Å². The van der Waals surface area contributed by atoms with Gasteiger partial charge in [-0.15, -0.1) is 0 Å². The molecule has 0 bridgehead atoms. The lowest BCUT2D eigenvalue weighted by molar-refractivity contribution is 0.0458. The van der Waals surface area contributed by atoms with Crippen molar-refractivity contribution in [3.63, 3.8) is 0 Å². The average molecular weight is 461 g/mol. The van der Waals surface area contributed by atoms with Crippen LogP contribution in [0.3, 0.4) is 0 Å². The third-order valence-corrected chi connectivity index (χ3v) is 6.31. The first kappa shape index (κ1) is 22.5. The second-order valence-electron chi connectivity index (χ2n) is 7.57. The maximum Gasteiger partial charge on any atom is 0.355 e. The predicted molar refractivity (Wildman–Crippen MR) is 126 cm³/mol. The van der Waals surface area contributed by atoms with Gasteiger partial charge in [-0.2, -0.15) is 0 Å². The number of nitrogens with one attached hydrogen (secondary N) is 2. The van der Waals surface area contributed by atoms with Gasteiger partial charge in [0.2, 0.25) is 0 Å². The third kappa shape index (κ3) is 5.75. The molecule has 0 fully saturated rings. The van der Waals surface area contributed by atoms with E-state index in [0.717, 1.165) is 32.3 Å². The standard InChI is InChI=1S/C26H24N2O4S/c1-17-23(13-21(27-17)25(29)31-15-19-9-5-3-6-10-19)33-24-14-22(28-18(24)2)26(30)32-16-20-11-7-4-8-12-20/h3-14,27-28H,15-16H2,1-2H3. The van der Waals surface area contributed by atoms with Crippen LogP contribution in [0.4, 0.5) is 0 Å². The van der Waals surface area contributed by atoms with Crippen molar-refractivity contribution in [2.45, 2.75) is 36.9 Å². The molecule has 0 atom stereocenters. The number of hydrogen-bond donors (Lipinski definition) is 2. The van der Waals surface area contributed by atoms with E-state index >= 15 is 0 Å². The summed E-state index contributed by atoms with van der Waals surface area (Å²) in [5.74, 6) is -0.824. The van der Waals surface area contributed by atoms with E-state index in [1.165, 1.54) is 11.8 Å². The fraction of sp³-hybridized carbons (Fsp3) is 0.154. The molecule has 4 rings (SSSR count). The number of ether oxygens (including phenoxy) is 2. The summed E-state index contributed by atoms with van der Waals surface area (Å²) in [5, 5.41) is 0. The maximum atomic E-state index is 12.5. The molecule has 2 aromatic carbocycles. The Morgan fingerprint density at radius 3 is 1.48 bits per heavy atom. The van der Waals surface area contributed by atoms with E-state index in [9.17, 15) is 9.59 Å². The van der Waals surface area contributed by atoms with Crippen LogP contribution in [0.15, 0.2) is 82.6 Å². The number of aromatic amines is 2. The minimum atomic E-state index is -0.412. The number of aromatic nitrogens is 2. The molecule has 0 unspecified atom stereocenters. The molecule has 0 aliphatic rings. The molecule has 7 heteroatoms. The average Bonchev–Trinajstić information content (AvgIpc) is 3.39. The summed E-state index contributed by atoms with van der Waals surface area (Å²) in [6.45, 7) is 4.22. The lowest BCUT2D eigenvalue weighted by Gasteiger charge is -2.03. The van der Waals surface area contributed by atoms with E-state index in [1.807, 2.05) is 74.5 Å². The molecule has 2 heterocycles. The van der Waals surface area contributed by atoms with Gasteiger partial charge in [-0.05, 0) is 37.1 Å². The second-order valence-corrected chi connectivity index (χ2v) is 8.65. The Bertz CT molecular complexity index is 1150. The van der Waals surface area contributed by atoms with Crippen molar-refractivity contribution in [3.05, 3.63) is 107 Å². The number of carbonyl (C=O) groups is 2. The second kappa shape index (κ2) is 10.3. The van der Waals surface area contributed by atoms with Gasteiger partial charge in [0, 0.05) is 21.2 Å². The third-order valence-electron chi connectivity index (χ3n) is 5.02. The monoisotopic (exact) mass is 460 g/mol. The Hall–Kier alpha value is -3.71. The Morgan fingerprint density at radius 2 is 1.09 bits per heavy atom. The first-order valence-corrected chi connectivity index (χ1v) is 11.3. The molecule has 168 valence electrons. The van der Waals surface area contributed by atoms with Gasteiger partial charge in [-0.25, -0.2) is 9.59 Å². The topological polar surface area (TPSA) is 84.2 Å². The molecule has 0 aliphatic heterocycles. The lowest BCUT2D eigenvalue weighted by atomic mass is 10.2. The first-order valence-electron chi connectivity index (χ1n) is 10.5. The van der Waals surface area contributed by atoms with Crippen LogP contribution in [-0.4, -0.2) is 21.9 Å². The van der Waals surface area contributed by atoms with E-state index in [1.54, 1.807) is 12.1 Å². The maximum absolute atomic E-state index is 12.5. The number of H-pyrrole nitrogens is 2. The zero-order valence-corrected chi connectivity index (χ0v) is 19.2. The molecular formula is C26H24N2O4S. The number of hydrogen-bond acceptors (Lipinski definition) is 5. The Kier molecular flexibility index (Phi) is 7.00. The fourth-order valence-corrected chi connectivity index (χ4v) is 4.23. The number of carbonyl (C=O) groups excluding carboxylic acids is 2. The van der Waals surface area contributed by atoms with Crippen molar-refractivity contribution in [2.75, 3.05) is 0 Å². The summed E-state index contributed by atoms with van der Waals surface area (Å²) >= 11 is 1.47. The Balaban J connectivity index is 1.38. The van der Waals surface area contributed by atoms with Crippen molar-refractivity contribution in [3.8, 4) is 0 Å². The van der Waals surface area contributed by atoms with E-state index in [2.05, 4.69) is 9.97 Å². The summed E-state index contributed by atoms with van der Waals surface area (Å²) in [7, 11) is 0. The molecule has 6 nitrogen and oxygen atoms in total. The summed E-state index contributed by atoms with van der Waals surface area (Å²) < 4.78 is 10.8. The molecule has 2 N–H and O–H groups in total. The van der Waals surface area contributed by atoms with E-state index in [-0.39, 0.29) is 13.2 Å². The quantitative estimate of drug-likeness (QED) is 0.324. The Morgan fingerprint density at radius 1 is 0.697 bits per heavy atom. The largest absolute Gasteiger partial charge is 0.456 e. The van der Waals surface area contributed by atoms with Gasteiger partial charge in [-0.3, -0.25) is 0 Å². The summed E-state index contributed by atoms with van der Waals surface area (Å²) in [5.41, 5.74) is 4.33. The van der Waals surface area contributed by atoms with Gasteiger partial charge in [0.15, 0.2) is 0 Å². The number of aryl methyl sites for hydroxylation is 2. The molecule has 33 heavy (non-hydrogen) atoms. The highest BCUT2D eigenvalue weighted by Gasteiger charge is 2.18. The minimum Gasteiger partial charge on any atom is -0.456 e. The van der Waals surface area contributed by atoms with Crippen LogP contribution < -0.4 is 0 Å². The predicted octanol–water partition coefficient (Wildman–Crippen LogP) is 5.82. The van der Waals surface area contributed by atoms with Gasteiger partial charge >= 0.3 is 11.9 Å². The normalized spacial score (nSPS) is 10.7. The SMILES string of the molecule is Cc1[nH]c(C(=O)OCc2ccccc2)cc1Sc1cc(C(=O)OCc2ccccc2)[nH]c1C. The van der Waals surface area contributed by atoms with Gasteiger partial charge in [0.05, 0.1) is 0 Å². The highest BCUT2D eigenvalue weighted by atomic mass is 32.2. The van der Waals surface area contributed by atoms with Crippen LogP contribution in [-0.2, 0) is 22.7 Å².